The van der Waals surface area contributed by atoms with Crippen LogP contribution in [0.15, 0.2) is 43.7 Å². The highest BCUT2D eigenvalue weighted by Gasteiger charge is 2.42. The molecule has 154 valence electrons. The minimum atomic E-state index is -1.06. The maximum absolute atomic E-state index is 13.0. The minimum Gasteiger partial charge on any atom is -0.468 e. The van der Waals surface area contributed by atoms with Crippen LogP contribution < -0.4 is 16.6 Å². The summed E-state index contributed by atoms with van der Waals surface area (Å²) < 4.78 is 17.8. The van der Waals surface area contributed by atoms with Gasteiger partial charge in [-0.2, -0.15) is 0 Å². The average molecular weight is 403 g/mol. The molecule has 0 amide bonds. The van der Waals surface area contributed by atoms with Crippen molar-refractivity contribution in [2.24, 2.45) is 14.1 Å². The zero-order valence-corrected chi connectivity index (χ0v) is 16.5. The fourth-order valence-electron chi connectivity index (χ4n) is 3.29. The van der Waals surface area contributed by atoms with Crippen LogP contribution in [-0.4, -0.2) is 34.3 Å². The quantitative estimate of drug-likeness (QED) is 0.721. The average Bonchev–Trinajstić information content (AvgIpc) is 3.23. The molecule has 1 unspecified atom stereocenters. The molecule has 3 rings (SSSR count). The summed E-state index contributed by atoms with van der Waals surface area (Å²) in [7, 11) is 2.78. The van der Waals surface area contributed by atoms with Crippen molar-refractivity contribution in [3.05, 3.63) is 61.8 Å². The third kappa shape index (κ3) is 3.26. The molecule has 0 saturated heterocycles. The number of fused-ring (bicyclic) bond motifs is 1. The molecule has 2 aromatic rings. The minimum absolute atomic E-state index is 0.0570. The predicted molar refractivity (Wildman–Crippen MR) is 101 cm³/mol. The van der Waals surface area contributed by atoms with Crippen LogP contribution in [0.25, 0.3) is 0 Å². The third-order valence-corrected chi connectivity index (χ3v) is 4.59. The molecule has 0 aliphatic carbocycles. The van der Waals surface area contributed by atoms with E-state index in [1.807, 2.05) is 0 Å². The molecule has 0 fully saturated rings. The Morgan fingerprint density at radius 3 is 2.34 bits per heavy atom. The first kappa shape index (κ1) is 20.2. The van der Waals surface area contributed by atoms with Gasteiger partial charge in [0, 0.05) is 14.1 Å². The van der Waals surface area contributed by atoms with Crippen LogP contribution in [0.4, 0.5) is 5.82 Å². The number of aromatic nitrogens is 2. The van der Waals surface area contributed by atoms with Gasteiger partial charge in [-0.1, -0.05) is 0 Å². The third-order valence-electron chi connectivity index (χ3n) is 4.59. The maximum atomic E-state index is 13.0. The Hall–Kier alpha value is -3.56. The van der Waals surface area contributed by atoms with E-state index >= 15 is 0 Å². The molecule has 1 aliphatic rings. The zero-order chi connectivity index (χ0) is 21.3. The van der Waals surface area contributed by atoms with E-state index in [9.17, 15) is 19.2 Å². The van der Waals surface area contributed by atoms with E-state index in [2.05, 4.69) is 5.32 Å². The fraction of sp³-hybridized carbons (Fsp3) is 0.368. The first-order chi connectivity index (χ1) is 13.8. The number of furan rings is 1. The van der Waals surface area contributed by atoms with Gasteiger partial charge < -0.3 is 19.2 Å². The van der Waals surface area contributed by atoms with E-state index in [-0.39, 0.29) is 41.6 Å². The summed E-state index contributed by atoms with van der Waals surface area (Å²) in [4.78, 5) is 50.9. The van der Waals surface area contributed by atoms with Gasteiger partial charge in [0.2, 0.25) is 0 Å². The summed E-state index contributed by atoms with van der Waals surface area (Å²) in [6.45, 7) is 3.36. The highest BCUT2D eigenvalue weighted by molar-refractivity contribution is 6.05. The molecule has 0 spiro atoms. The van der Waals surface area contributed by atoms with Gasteiger partial charge in [0.15, 0.2) is 0 Å². The summed E-state index contributed by atoms with van der Waals surface area (Å²) in [5.41, 5.74) is -1.46. The molecule has 29 heavy (non-hydrogen) atoms. The molecule has 1 atom stereocenters. The van der Waals surface area contributed by atoms with E-state index in [4.69, 9.17) is 13.9 Å². The topological polar surface area (TPSA) is 122 Å². The summed E-state index contributed by atoms with van der Waals surface area (Å²) in [5, 5.41) is 2.75. The second-order valence-corrected chi connectivity index (χ2v) is 6.27. The van der Waals surface area contributed by atoms with Gasteiger partial charge in [0.1, 0.15) is 17.3 Å². The Bertz CT molecular complexity index is 1110. The largest absolute Gasteiger partial charge is 0.468 e. The Balaban J connectivity index is 2.41. The van der Waals surface area contributed by atoms with Crippen molar-refractivity contribution in [3.63, 3.8) is 0 Å². The molecule has 0 radical (unpaired) electrons. The molecule has 0 bridgehead atoms. The number of nitrogens with zero attached hydrogens (tertiary/aromatic N) is 2. The molecule has 2 aromatic heterocycles. The van der Waals surface area contributed by atoms with Gasteiger partial charge in [0.25, 0.3) is 5.56 Å². The van der Waals surface area contributed by atoms with Crippen LogP contribution in [0.1, 0.15) is 31.1 Å². The van der Waals surface area contributed by atoms with Gasteiger partial charge in [0.05, 0.1) is 36.5 Å². The number of hydrogen-bond donors (Lipinski definition) is 1. The van der Waals surface area contributed by atoms with Crippen LogP contribution >= 0.6 is 0 Å². The van der Waals surface area contributed by atoms with Crippen molar-refractivity contribution in [2.45, 2.75) is 19.8 Å². The van der Waals surface area contributed by atoms with E-state index in [1.54, 1.807) is 26.0 Å². The van der Waals surface area contributed by atoms with Crippen LogP contribution in [0.3, 0.4) is 0 Å². The molecule has 3 heterocycles. The zero-order valence-electron chi connectivity index (χ0n) is 16.5. The first-order valence-corrected chi connectivity index (χ1v) is 9.02. The molecule has 0 saturated carbocycles. The Labute approximate surface area is 165 Å². The van der Waals surface area contributed by atoms with Crippen molar-refractivity contribution < 1.29 is 23.5 Å². The number of nitrogens with one attached hydrogen (secondary N) is 1. The fourth-order valence-corrected chi connectivity index (χ4v) is 3.29. The normalized spacial score (nSPS) is 15.5. The van der Waals surface area contributed by atoms with E-state index in [0.29, 0.717) is 0 Å². The number of ether oxygens (including phenoxy) is 2. The van der Waals surface area contributed by atoms with Gasteiger partial charge in [-0.3, -0.25) is 13.9 Å². The molecule has 1 aliphatic heterocycles. The highest BCUT2D eigenvalue weighted by atomic mass is 16.5. The van der Waals surface area contributed by atoms with E-state index < -0.39 is 29.1 Å². The molecule has 10 heteroatoms. The summed E-state index contributed by atoms with van der Waals surface area (Å²) in [5.74, 6) is -2.36. The van der Waals surface area contributed by atoms with Gasteiger partial charge in [-0.05, 0) is 26.0 Å². The number of esters is 2. The lowest BCUT2D eigenvalue weighted by Crippen LogP contribution is -2.44. The van der Waals surface area contributed by atoms with Gasteiger partial charge in [-0.15, -0.1) is 0 Å². The van der Waals surface area contributed by atoms with Crippen molar-refractivity contribution in [1.29, 1.82) is 0 Å². The molecular weight excluding hydrogens is 382 g/mol. The molecule has 0 aromatic carbocycles. The number of rotatable bonds is 5. The Morgan fingerprint density at radius 1 is 1.10 bits per heavy atom. The van der Waals surface area contributed by atoms with E-state index in [1.165, 1.54) is 24.9 Å². The lowest BCUT2D eigenvalue weighted by atomic mass is 9.85. The lowest BCUT2D eigenvalue weighted by molar-refractivity contribution is -0.142. The van der Waals surface area contributed by atoms with Crippen molar-refractivity contribution in [3.8, 4) is 0 Å². The van der Waals surface area contributed by atoms with Crippen LogP contribution in [0.2, 0.25) is 0 Å². The number of carbonyl (C=O) groups excluding carboxylic acids is 2. The standard InChI is InChI=1S/C19H21N3O7/c1-5-27-17(24)12-11(10-8-7-9-29-10)13-15(20-14(12)18(25)28-6-2)21(3)19(26)22(4)16(13)23/h7-9,11,20H,5-6H2,1-4H3. The second-order valence-electron chi connectivity index (χ2n) is 6.27. The first-order valence-electron chi connectivity index (χ1n) is 9.02. The SMILES string of the molecule is CCOC(=O)C1=C(C(=O)OCC)C(c2ccco2)c2c(n(C)c(=O)n(C)c2=O)N1. The maximum Gasteiger partial charge on any atom is 0.355 e. The monoisotopic (exact) mass is 403 g/mol. The Kier molecular flexibility index (Phi) is 5.44. The van der Waals surface area contributed by atoms with E-state index in [0.717, 1.165) is 4.57 Å². The Morgan fingerprint density at radius 2 is 1.76 bits per heavy atom. The second kappa shape index (κ2) is 7.82. The highest BCUT2D eigenvalue weighted by Crippen LogP contribution is 2.40. The summed E-state index contributed by atoms with van der Waals surface area (Å²) in [6, 6.07) is 3.17. The van der Waals surface area contributed by atoms with Crippen molar-refractivity contribution >= 4 is 17.8 Å². The van der Waals surface area contributed by atoms with Crippen molar-refractivity contribution in [2.75, 3.05) is 18.5 Å². The molecular formula is C19H21N3O7. The summed E-state index contributed by atoms with van der Waals surface area (Å²) in [6.07, 6.45) is 1.39. The smallest absolute Gasteiger partial charge is 0.355 e. The number of anilines is 1. The van der Waals surface area contributed by atoms with Gasteiger partial charge in [-0.25, -0.2) is 14.4 Å². The number of carbonyl (C=O) groups is 2. The molecule has 10 nitrogen and oxygen atoms in total. The predicted octanol–water partition coefficient (Wildman–Crippen LogP) is 0.615. The lowest BCUT2D eigenvalue weighted by Gasteiger charge is -2.29. The summed E-state index contributed by atoms with van der Waals surface area (Å²) >= 11 is 0. The van der Waals surface area contributed by atoms with Crippen LogP contribution in [0, 0.1) is 0 Å². The van der Waals surface area contributed by atoms with Crippen LogP contribution in [0.5, 0.6) is 0 Å². The number of hydrogen-bond acceptors (Lipinski definition) is 8. The van der Waals surface area contributed by atoms with Gasteiger partial charge >= 0.3 is 17.6 Å². The molecule has 1 N–H and O–H groups in total. The van der Waals surface area contributed by atoms with Crippen LogP contribution in [-0.2, 0) is 33.2 Å². The van der Waals surface area contributed by atoms with Crippen molar-refractivity contribution in [1.82, 2.24) is 9.13 Å².